The molecule has 0 unspecified atom stereocenters. The summed E-state index contributed by atoms with van der Waals surface area (Å²) in [5.74, 6) is -0.449. The number of nitriles is 1. The van der Waals surface area contributed by atoms with Gasteiger partial charge in [0.05, 0.1) is 12.6 Å². The van der Waals surface area contributed by atoms with Gasteiger partial charge in [-0.1, -0.05) is 19.3 Å². The van der Waals surface area contributed by atoms with Crippen LogP contribution >= 0.6 is 0 Å². The molecule has 1 aliphatic carbocycles. The highest BCUT2D eigenvalue weighted by atomic mass is 19.3. The number of halogens is 2. The first-order chi connectivity index (χ1) is 7.52. The van der Waals surface area contributed by atoms with Gasteiger partial charge < -0.3 is 4.90 Å². The van der Waals surface area contributed by atoms with Crippen molar-refractivity contribution in [1.29, 1.82) is 5.26 Å². The first-order valence-corrected chi connectivity index (χ1v) is 5.47. The summed E-state index contributed by atoms with van der Waals surface area (Å²) in [5.41, 5.74) is -1.05. The molecule has 1 rings (SSSR count). The molecule has 16 heavy (non-hydrogen) atoms. The monoisotopic (exact) mass is 230 g/mol. The van der Waals surface area contributed by atoms with Gasteiger partial charge in [-0.25, -0.2) is 8.78 Å². The summed E-state index contributed by atoms with van der Waals surface area (Å²) in [4.78, 5) is 12.9. The Hall–Kier alpha value is -1.18. The van der Waals surface area contributed by atoms with Crippen molar-refractivity contribution in [2.45, 2.75) is 38.5 Å². The van der Waals surface area contributed by atoms with Gasteiger partial charge in [-0.3, -0.25) is 4.79 Å². The zero-order chi connectivity index (χ0) is 12.2. The molecule has 0 heterocycles. The minimum absolute atomic E-state index is 0.449. The third kappa shape index (κ3) is 2.69. The van der Waals surface area contributed by atoms with Crippen LogP contribution in [0.2, 0.25) is 0 Å². The molecule has 0 radical (unpaired) electrons. The van der Waals surface area contributed by atoms with E-state index in [1.54, 1.807) is 0 Å². The van der Waals surface area contributed by atoms with Crippen molar-refractivity contribution in [3.8, 4) is 6.07 Å². The van der Waals surface area contributed by atoms with E-state index in [1.165, 1.54) is 7.05 Å². The Kier molecular flexibility index (Phi) is 4.22. The lowest BCUT2D eigenvalue weighted by atomic mass is 9.74. The lowest BCUT2D eigenvalue weighted by Crippen LogP contribution is -2.44. The molecule has 1 aliphatic rings. The zero-order valence-electron chi connectivity index (χ0n) is 9.38. The molecule has 0 aromatic carbocycles. The lowest BCUT2D eigenvalue weighted by Gasteiger charge is -2.32. The molecule has 5 heteroatoms. The van der Waals surface area contributed by atoms with E-state index in [0.717, 1.165) is 24.2 Å². The maximum atomic E-state index is 12.2. The number of alkyl halides is 2. The second kappa shape index (κ2) is 5.24. The first kappa shape index (κ1) is 12.9. The highest BCUT2D eigenvalue weighted by Gasteiger charge is 2.41. The summed E-state index contributed by atoms with van der Waals surface area (Å²) in [7, 11) is 1.34. The number of rotatable bonds is 3. The van der Waals surface area contributed by atoms with Crippen molar-refractivity contribution < 1.29 is 13.6 Å². The van der Waals surface area contributed by atoms with Crippen LogP contribution in [0.3, 0.4) is 0 Å². The molecule has 90 valence electrons. The van der Waals surface area contributed by atoms with Crippen molar-refractivity contribution in [1.82, 2.24) is 4.90 Å². The Balaban J connectivity index is 2.72. The Bertz CT molecular complexity index is 293. The Morgan fingerprint density at radius 1 is 1.44 bits per heavy atom. The van der Waals surface area contributed by atoms with E-state index in [9.17, 15) is 13.6 Å². The topological polar surface area (TPSA) is 44.1 Å². The van der Waals surface area contributed by atoms with Gasteiger partial charge in [-0.2, -0.15) is 5.26 Å². The van der Waals surface area contributed by atoms with Crippen molar-refractivity contribution in [3.05, 3.63) is 0 Å². The normalized spacial score (nSPS) is 19.2. The number of carbonyl (C=O) groups is 1. The van der Waals surface area contributed by atoms with Crippen LogP contribution in [0.15, 0.2) is 0 Å². The second-order valence-electron chi connectivity index (χ2n) is 4.33. The second-order valence-corrected chi connectivity index (χ2v) is 4.33. The highest BCUT2D eigenvalue weighted by molar-refractivity contribution is 5.85. The molecule has 3 nitrogen and oxygen atoms in total. The number of carbonyl (C=O) groups excluding carboxylic acids is 1. The molecule has 0 spiro atoms. The average molecular weight is 230 g/mol. The van der Waals surface area contributed by atoms with Gasteiger partial charge in [0.15, 0.2) is 0 Å². The van der Waals surface area contributed by atoms with Gasteiger partial charge in [-0.05, 0) is 12.8 Å². The van der Waals surface area contributed by atoms with Crippen LogP contribution in [0.25, 0.3) is 0 Å². The predicted octanol–water partition coefficient (Wildman–Crippen LogP) is 2.18. The maximum absolute atomic E-state index is 12.2. The van der Waals surface area contributed by atoms with E-state index in [2.05, 4.69) is 0 Å². The fourth-order valence-electron chi connectivity index (χ4n) is 2.18. The standard InChI is InChI=1S/C11H16F2N2O/c1-15(7-9(12)13)10(16)11(8-14)5-3-2-4-6-11/h9H,2-7H2,1H3. The van der Waals surface area contributed by atoms with E-state index < -0.39 is 24.3 Å². The minimum atomic E-state index is -2.55. The molecule has 1 saturated carbocycles. The van der Waals surface area contributed by atoms with E-state index >= 15 is 0 Å². The molecular weight excluding hydrogens is 214 g/mol. The third-order valence-corrected chi connectivity index (χ3v) is 3.09. The van der Waals surface area contributed by atoms with Crippen LogP contribution in [0, 0.1) is 16.7 Å². The quantitative estimate of drug-likeness (QED) is 0.745. The van der Waals surface area contributed by atoms with E-state index in [1.807, 2.05) is 6.07 Å². The molecule has 0 bridgehead atoms. The molecule has 0 aliphatic heterocycles. The summed E-state index contributed by atoms with van der Waals surface area (Å²) in [6, 6.07) is 2.04. The van der Waals surface area contributed by atoms with Gasteiger partial charge in [0.25, 0.3) is 6.43 Å². The minimum Gasteiger partial charge on any atom is -0.339 e. The van der Waals surface area contributed by atoms with Crippen LogP contribution in [0.5, 0.6) is 0 Å². The largest absolute Gasteiger partial charge is 0.339 e. The van der Waals surface area contributed by atoms with Crippen molar-refractivity contribution in [2.75, 3.05) is 13.6 Å². The Morgan fingerprint density at radius 2 is 2.00 bits per heavy atom. The molecule has 0 aromatic heterocycles. The van der Waals surface area contributed by atoms with Crippen LogP contribution in [0.4, 0.5) is 8.78 Å². The van der Waals surface area contributed by atoms with E-state index in [0.29, 0.717) is 12.8 Å². The number of amides is 1. The maximum Gasteiger partial charge on any atom is 0.255 e. The number of nitrogens with zero attached hydrogens (tertiary/aromatic N) is 2. The summed E-state index contributed by atoms with van der Waals surface area (Å²) in [6.45, 7) is -0.595. The molecule has 1 amide bonds. The molecule has 0 saturated heterocycles. The molecule has 0 atom stereocenters. The Morgan fingerprint density at radius 3 is 2.44 bits per heavy atom. The third-order valence-electron chi connectivity index (χ3n) is 3.09. The SMILES string of the molecule is CN(CC(F)F)C(=O)C1(C#N)CCCCC1. The number of hydrogen-bond acceptors (Lipinski definition) is 2. The number of hydrogen-bond donors (Lipinski definition) is 0. The van der Waals surface area contributed by atoms with E-state index in [-0.39, 0.29) is 0 Å². The average Bonchev–Trinajstić information content (AvgIpc) is 2.28. The van der Waals surface area contributed by atoms with Gasteiger partial charge in [0.1, 0.15) is 5.41 Å². The molecule has 0 N–H and O–H groups in total. The predicted molar refractivity (Wildman–Crippen MR) is 54.8 cm³/mol. The summed E-state index contributed by atoms with van der Waals surface area (Å²) >= 11 is 0. The van der Waals surface area contributed by atoms with Gasteiger partial charge in [-0.15, -0.1) is 0 Å². The molecular formula is C11H16F2N2O. The molecule has 1 fully saturated rings. The fraction of sp³-hybridized carbons (Fsp3) is 0.818. The van der Waals surface area contributed by atoms with Gasteiger partial charge in [0, 0.05) is 7.05 Å². The first-order valence-electron chi connectivity index (χ1n) is 5.47. The van der Waals surface area contributed by atoms with Crippen molar-refractivity contribution in [3.63, 3.8) is 0 Å². The Labute approximate surface area is 94.0 Å². The smallest absolute Gasteiger partial charge is 0.255 e. The van der Waals surface area contributed by atoms with Crippen LogP contribution in [-0.2, 0) is 4.79 Å². The van der Waals surface area contributed by atoms with Crippen LogP contribution in [0.1, 0.15) is 32.1 Å². The zero-order valence-corrected chi connectivity index (χ0v) is 9.38. The summed E-state index contributed by atoms with van der Waals surface area (Å²) in [6.07, 6.45) is 1.10. The van der Waals surface area contributed by atoms with Gasteiger partial charge >= 0.3 is 0 Å². The highest BCUT2D eigenvalue weighted by Crippen LogP contribution is 2.37. The summed E-state index contributed by atoms with van der Waals surface area (Å²) in [5, 5.41) is 9.11. The van der Waals surface area contributed by atoms with Crippen LogP contribution < -0.4 is 0 Å². The lowest BCUT2D eigenvalue weighted by molar-refractivity contribution is -0.141. The van der Waals surface area contributed by atoms with E-state index in [4.69, 9.17) is 5.26 Å². The van der Waals surface area contributed by atoms with Crippen molar-refractivity contribution >= 4 is 5.91 Å². The van der Waals surface area contributed by atoms with Crippen LogP contribution in [-0.4, -0.2) is 30.8 Å². The fourth-order valence-corrected chi connectivity index (χ4v) is 2.18. The summed E-state index contributed by atoms with van der Waals surface area (Å²) < 4.78 is 24.3. The van der Waals surface area contributed by atoms with Gasteiger partial charge in [0.2, 0.25) is 5.91 Å². The molecule has 0 aromatic rings. The van der Waals surface area contributed by atoms with Crippen molar-refractivity contribution in [2.24, 2.45) is 5.41 Å².